The molecule has 4 nitrogen and oxygen atoms in total. The molecule has 27 heavy (non-hydrogen) atoms. The maximum Gasteiger partial charge on any atom is 0.253 e. The monoisotopic (exact) mass is 405 g/mol. The SMILES string of the molecule is CCCN(Cc1cc(Cl)nc(Cl)c1)C1CCN(C(=O)c2ccccc2)CC1. The summed E-state index contributed by atoms with van der Waals surface area (Å²) in [5.41, 5.74) is 1.85. The molecule has 2 heterocycles. The molecule has 1 aliphatic heterocycles. The number of amides is 1. The summed E-state index contributed by atoms with van der Waals surface area (Å²) in [5, 5.41) is 0.856. The first-order valence-corrected chi connectivity index (χ1v) is 10.2. The van der Waals surface area contributed by atoms with Crippen molar-refractivity contribution in [2.24, 2.45) is 0 Å². The van der Waals surface area contributed by atoms with Gasteiger partial charge in [-0.05, 0) is 55.6 Å². The Morgan fingerprint density at radius 3 is 2.37 bits per heavy atom. The van der Waals surface area contributed by atoms with Crippen LogP contribution in [0.15, 0.2) is 42.5 Å². The van der Waals surface area contributed by atoms with Crippen molar-refractivity contribution in [3.05, 3.63) is 63.9 Å². The van der Waals surface area contributed by atoms with Crippen LogP contribution in [0.25, 0.3) is 0 Å². The molecule has 0 saturated carbocycles. The molecule has 6 heteroatoms. The predicted octanol–water partition coefficient (Wildman–Crippen LogP) is 4.91. The van der Waals surface area contributed by atoms with Gasteiger partial charge in [0.05, 0.1) is 0 Å². The Bertz CT molecular complexity index is 741. The third-order valence-electron chi connectivity index (χ3n) is 5.01. The van der Waals surface area contributed by atoms with Crippen molar-refractivity contribution < 1.29 is 4.79 Å². The Morgan fingerprint density at radius 2 is 1.78 bits per heavy atom. The summed E-state index contributed by atoms with van der Waals surface area (Å²) in [7, 11) is 0. The minimum absolute atomic E-state index is 0.129. The maximum atomic E-state index is 12.6. The van der Waals surface area contributed by atoms with Crippen molar-refractivity contribution in [2.75, 3.05) is 19.6 Å². The second kappa shape index (κ2) is 9.54. The topological polar surface area (TPSA) is 36.4 Å². The highest BCUT2D eigenvalue weighted by Crippen LogP contribution is 2.23. The van der Waals surface area contributed by atoms with Gasteiger partial charge >= 0.3 is 0 Å². The van der Waals surface area contributed by atoms with E-state index in [2.05, 4.69) is 16.8 Å². The number of hydrogen-bond donors (Lipinski definition) is 0. The fraction of sp³-hybridized carbons (Fsp3) is 0.429. The molecule has 0 radical (unpaired) electrons. The van der Waals surface area contributed by atoms with Crippen molar-refractivity contribution in [3.8, 4) is 0 Å². The number of aromatic nitrogens is 1. The van der Waals surface area contributed by atoms with E-state index >= 15 is 0 Å². The van der Waals surface area contributed by atoms with E-state index in [9.17, 15) is 4.79 Å². The molecule has 3 rings (SSSR count). The first-order chi connectivity index (χ1) is 13.1. The smallest absolute Gasteiger partial charge is 0.253 e. The summed E-state index contributed by atoms with van der Waals surface area (Å²) >= 11 is 12.1. The minimum Gasteiger partial charge on any atom is -0.339 e. The lowest BCUT2D eigenvalue weighted by atomic mass is 10.0. The van der Waals surface area contributed by atoms with E-state index in [1.54, 1.807) is 0 Å². The molecule has 0 atom stereocenters. The number of carbonyl (C=O) groups is 1. The Labute approximate surface area is 171 Å². The fourth-order valence-electron chi connectivity index (χ4n) is 3.72. The molecule has 0 aliphatic carbocycles. The van der Waals surface area contributed by atoms with Crippen LogP contribution in [-0.2, 0) is 6.54 Å². The van der Waals surface area contributed by atoms with Crippen molar-refractivity contribution in [1.82, 2.24) is 14.8 Å². The second-order valence-electron chi connectivity index (χ2n) is 6.98. The van der Waals surface area contributed by atoms with Gasteiger partial charge in [0.2, 0.25) is 0 Å². The Morgan fingerprint density at radius 1 is 1.15 bits per heavy atom. The quantitative estimate of drug-likeness (QED) is 0.640. The summed E-state index contributed by atoms with van der Waals surface area (Å²) in [6.07, 6.45) is 3.03. The van der Waals surface area contributed by atoms with Gasteiger partial charge in [0.15, 0.2) is 0 Å². The van der Waals surface area contributed by atoms with Crippen molar-refractivity contribution >= 4 is 29.1 Å². The van der Waals surface area contributed by atoms with Gasteiger partial charge in [-0.15, -0.1) is 0 Å². The number of pyridine rings is 1. The molecule has 0 bridgehead atoms. The number of benzene rings is 1. The number of carbonyl (C=O) groups excluding carboxylic acids is 1. The molecule has 0 N–H and O–H groups in total. The molecule has 1 aromatic carbocycles. The van der Waals surface area contributed by atoms with Crippen LogP contribution in [-0.4, -0.2) is 46.4 Å². The third-order valence-corrected chi connectivity index (χ3v) is 5.40. The number of nitrogens with zero attached hydrogens (tertiary/aromatic N) is 3. The molecule has 1 aliphatic rings. The number of rotatable bonds is 6. The predicted molar refractivity (Wildman–Crippen MR) is 110 cm³/mol. The van der Waals surface area contributed by atoms with Crippen LogP contribution >= 0.6 is 23.2 Å². The first-order valence-electron chi connectivity index (χ1n) is 9.47. The van der Waals surface area contributed by atoms with Gasteiger partial charge < -0.3 is 4.90 Å². The van der Waals surface area contributed by atoms with Crippen molar-refractivity contribution in [2.45, 2.75) is 38.8 Å². The van der Waals surface area contributed by atoms with Gasteiger partial charge in [0, 0.05) is 31.2 Å². The van der Waals surface area contributed by atoms with Crippen molar-refractivity contribution in [3.63, 3.8) is 0 Å². The summed E-state index contributed by atoms with van der Waals surface area (Å²) in [6, 6.07) is 13.7. The maximum absolute atomic E-state index is 12.6. The molecule has 1 amide bonds. The highest BCUT2D eigenvalue weighted by atomic mass is 35.5. The van der Waals surface area contributed by atoms with Gasteiger partial charge in [-0.25, -0.2) is 4.98 Å². The molecule has 1 saturated heterocycles. The fourth-order valence-corrected chi connectivity index (χ4v) is 4.22. The van der Waals surface area contributed by atoms with Gasteiger partial charge in [-0.2, -0.15) is 0 Å². The van der Waals surface area contributed by atoms with Crippen LogP contribution in [0.3, 0.4) is 0 Å². The zero-order valence-electron chi connectivity index (χ0n) is 15.6. The lowest BCUT2D eigenvalue weighted by molar-refractivity contribution is 0.0607. The van der Waals surface area contributed by atoms with Crippen LogP contribution in [0, 0.1) is 0 Å². The lowest BCUT2D eigenvalue weighted by Crippen LogP contribution is -2.46. The van der Waals surface area contributed by atoms with E-state index in [0.29, 0.717) is 16.3 Å². The largest absolute Gasteiger partial charge is 0.339 e. The standard InChI is InChI=1S/C21H25Cl2N3O/c1-2-10-26(15-16-13-19(22)24-20(23)14-16)18-8-11-25(12-9-18)21(27)17-6-4-3-5-7-17/h3-7,13-14,18H,2,8-12,15H2,1H3. The Hall–Kier alpha value is -1.62. The average molecular weight is 406 g/mol. The van der Waals surface area contributed by atoms with E-state index in [-0.39, 0.29) is 5.91 Å². The van der Waals surface area contributed by atoms with Crippen LogP contribution in [0.4, 0.5) is 0 Å². The van der Waals surface area contributed by atoms with E-state index in [0.717, 1.165) is 56.6 Å². The van der Waals surface area contributed by atoms with Crippen LogP contribution in [0.1, 0.15) is 42.1 Å². The number of hydrogen-bond acceptors (Lipinski definition) is 3. The van der Waals surface area contributed by atoms with Crippen molar-refractivity contribution in [1.29, 1.82) is 0 Å². The van der Waals surface area contributed by atoms with Crippen LogP contribution < -0.4 is 0 Å². The molecule has 2 aromatic rings. The highest BCUT2D eigenvalue weighted by molar-refractivity contribution is 6.32. The Balaban J connectivity index is 1.62. The minimum atomic E-state index is 0.129. The normalized spacial score (nSPS) is 15.3. The molecule has 144 valence electrons. The summed E-state index contributed by atoms with van der Waals surface area (Å²) in [6.45, 7) is 5.57. The zero-order chi connectivity index (χ0) is 19.2. The number of likely N-dealkylation sites (tertiary alicyclic amines) is 1. The van der Waals surface area contributed by atoms with Crippen LogP contribution in [0.5, 0.6) is 0 Å². The van der Waals surface area contributed by atoms with E-state index < -0.39 is 0 Å². The molecular formula is C21H25Cl2N3O. The van der Waals surface area contributed by atoms with E-state index in [1.165, 1.54) is 0 Å². The van der Waals surface area contributed by atoms with E-state index in [4.69, 9.17) is 23.2 Å². The van der Waals surface area contributed by atoms with Gasteiger partial charge in [0.25, 0.3) is 5.91 Å². The lowest BCUT2D eigenvalue weighted by Gasteiger charge is -2.38. The first kappa shape index (κ1) is 20.1. The molecular weight excluding hydrogens is 381 g/mol. The number of piperidine rings is 1. The van der Waals surface area contributed by atoms with Crippen LogP contribution in [0.2, 0.25) is 10.3 Å². The van der Waals surface area contributed by atoms with Gasteiger partial charge in [-0.3, -0.25) is 9.69 Å². The zero-order valence-corrected chi connectivity index (χ0v) is 17.1. The Kier molecular flexibility index (Phi) is 7.11. The molecule has 0 spiro atoms. The van der Waals surface area contributed by atoms with Gasteiger partial charge in [0.1, 0.15) is 10.3 Å². The second-order valence-corrected chi connectivity index (χ2v) is 7.76. The summed E-state index contributed by atoms with van der Waals surface area (Å²) in [5.74, 6) is 0.129. The van der Waals surface area contributed by atoms with E-state index in [1.807, 2.05) is 47.4 Å². The van der Waals surface area contributed by atoms with Gasteiger partial charge in [-0.1, -0.05) is 48.3 Å². The number of halogens is 2. The molecule has 1 aromatic heterocycles. The summed E-state index contributed by atoms with van der Waals surface area (Å²) < 4.78 is 0. The molecule has 0 unspecified atom stereocenters. The molecule has 1 fully saturated rings. The highest BCUT2D eigenvalue weighted by Gasteiger charge is 2.27. The summed E-state index contributed by atoms with van der Waals surface area (Å²) in [4.78, 5) is 21.1. The average Bonchev–Trinajstić information content (AvgIpc) is 2.67. The third kappa shape index (κ3) is 5.44.